The first kappa shape index (κ1) is 17.2. The molecule has 5 heteroatoms. The Kier molecular flexibility index (Phi) is 4.83. The molecule has 1 saturated heterocycles. The normalized spacial score (nSPS) is 16.7. The van der Waals surface area contributed by atoms with Crippen LogP contribution in [0.3, 0.4) is 0 Å². The van der Waals surface area contributed by atoms with E-state index in [1.165, 1.54) is 0 Å². The SMILES string of the molecule is O=C(NCCc1ccccn1)C1CC(=O)N(c2cccc3ccccc23)C1. The van der Waals surface area contributed by atoms with Crippen LogP contribution in [0.4, 0.5) is 5.69 Å². The average Bonchev–Trinajstić information content (AvgIpc) is 3.10. The number of amides is 2. The van der Waals surface area contributed by atoms with Crippen molar-refractivity contribution in [2.45, 2.75) is 12.8 Å². The van der Waals surface area contributed by atoms with E-state index in [1.807, 2.05) is 60.7 Å². The van der Waals surface area contributed by atoms with Gasteiger partial charge in [0.15, 0.2) is 0 Å². The quantitative estimate of drug-likeness (QED) is 0.762. The van der Waals surface area contributed by atoms with Gasteiger partial charge in [0.1, 0.15) is 0 Å². The summed E-state index contributed by atoms with van der Waals surface area (Å²) in [5.74, 6) is -0.390. The second kappa shape index (κ2) is 7.58. The molecule has 1 aliphatic heterocycles. The molecule has 1 atom stereocenters. The first-order valence-corrected chi connectivity index (χ1v) is 9.18. The van der Waals surface area contributed by atoms with E-state index in [9.17, 15) is 9.59 Å². The lowest BCUT2D eigenvalue weighted by Gasteiger charge is -2.19. The molecule has 1 N–H and O–H groups in total. The van der Waals surface area contributed by atoms with Crippen molar-refractivity contribution < 1.29 is 9.59 Å². The van der Waals surface area contributed by atoms with E-state index in [0.29, 0.717) is 19.5 Å². The lowest BCUT2D eigenvalue weighted by molar-refractivity contribution is -0.126. The van der Waals surface area contributed by atoms with Gasteiger partial charge in [-0.2, -0.15) is 0 Å². The number of anilines is 1. The largest absolute Gasteiger partial charge is 0.355 e. The molecule has 0 aliphatic carbocycles. The number of hydrogen-bond acceptors (Lipinski definition) is 3. The number of fused-ring (bicyclic) bond motifs is 1. The monoisotopic (exact) mass is 359 g/mol. The zero-order chi connectivity index (χ0) is 18.6. The highest BCUT2D eigenvalue weighted by Gasteiger charge is 2.35. The molecule has 1 unspecified atom stereocenters. The minimum Gasteiger partial charge on any atom is -0.355 e. The third kappa shape index (κ3) is 3.67. The number of benzene rings is 2. The molecule has 1 fully saturated rings. The van der Waals surface area contributed by atoms with Crippen molar-refractivity contribution in [1.29, 1.82) is 0 Å². The van der Waals surface area contributed by atoms with Gasteiger partial charge in [-0.25, -0.2) is 0 Å². The van der Waals surface area contributed by atoms with Gasteiger partial charge in [-0.15, -0.1) is 0 Å². The smallest absolute Gasteiger partial charge is 0.227 e. The zero-order valence-electron chi connectivity index (χ0n) is 15.0. The van der Waals surface area contributed by atoms with Crippen molar-refractivity contribution >= 4 is 28.3 Å². The first-order chi connectivity index (χ1) is 13.2. The number of nitrogens with zero attached hydrogens (tertiary/aromatic N) is 2. The van der Waals surface area contributed by atoms with Crippen molar-refractivity contribution in [2.24, 2.45) is 5.92 Å². The van der Waals surface area contributed by atoms with Crippen LogP contribution in [0, 0.1) is 5.92 Å². The van der Waals surface area contributed by atoms with Gasteiger partial charge < -0.3 is 10.2 Å². The molecule has 0 bridgehead atoms. The van der Waals surface area contributed by atoms with Gasteiger partial charge in [0.2, 0.25) is 11.8 Å². The minimum atomic E-state index is -0.319. The fraction of sp³-hybridized carbons (Fsp3) is 0.227. The average molecular weight is 359 g/mol. The van der Waals surface area contributed by atoms with Gasteiger partial charge in [-0.05, 0) is 23.6 Å². The molecular formula is C22H21N3O2. The Balaban J connectivity index is 1.42. The van der Waals surface area contributed by atoms with E-state index in [2.05, 4.69) is 10.3 Å². The maximum atomic E-state index is 12.6. The maximum absolute atomic E-state index is 12.6. The highest BCUT2D eigenvalue weighted by molar-refractivity contribution is 6.06. The Morgan fingerprint density at radius 3 is 2.74 bits per heavy atom. The molecule has 1 aromatic heterocycles. The van der Waals surface area contributed by atoms with Crippen LogP contribution in [0.5, 0.6) is 0 Å². The van der Waals surface area contributed by atoms with Crippen molar-refractivity contribution in [2.75, 3.05) is 18.0 Å². The summed E-state index contributed by atoms with van der Waals surface area (Å²) in [6, 6.07) is 19.7. The molecule has 0 radical (unpaired) electrons. The van der Waals surface area contributed by atoms with Crippen LogP contribution in [0.1, 0.15) is 12.1 Å². The summed E-state index contributed by atoms with van der Waals surface area (Å²) in [6.07, 6.45) is 2.67. The molecule has 0 saturated carbocycles. The zero-order valence-corrected chi connectivity index (χ0v) is 15.0. The summed E-state index contributed by atoms with van der Waals surface area (Å²) >= 11 is 0. The number of carbonyl (C=O) groups is 2. The van der Waals surface area contributed by atoms with Crippen LogP contribution >= 0.6 is 0 Å². The van der Waals surface area contributed by atoms with Gasteiger partial charge in [0.25, 0.3) is 0 Å². The number of carbonyl (C=O) groups excluding carboxylic acids is 2. The summed E-state index contributed by atoms with van der Waals surface area (Å²) in [7, 11) is 0. The van der Waals surface area contributed by atoms with Crippen LogP contribution in [0.25, 0.3) is 10.8 Å². The third-order valence-electron chi connectivity index (χ3n) is 4.96. The Hall–Kier alpha value is -3.21. The van der Waals surface area contributed by atoms with Crippen LogP contribution in [0.15, 0.2) is 66.9 Å². The van der Waals surface area contributed by atoms with Gasteiger partial charge in [0.05, 0.1) is 11.6 Å². The summed E-state index contributed by atoms with van der Waals surface area (Å²) in [6.45, 7) is 0.942. The fourth-order valence-corrected chi connectivity index (χ4v) is 3.56. The summed E-state index contributed by atoms with van der Waals surface area (Å²) in [5.41, 5.74) is 1.82. The predicted molar refractivity (Wildman–Crippen MR) is 105 cm³/mol. The standard InChI is InChI=1S/C22H21N3O2/c26-21-14-17(22(27)24-13-11-18-8-3-4-12-23-18)15-25(21)20-10-5-7-16-6-1-2-9-19(16)20/h1-10,12,17H,11,13-15H2,(H,24,27). The van der Waals surface area contributed by atoms with E-state index in [-0.39, 0.29) is 24.2 Å². The molecular weight excluding hydrogens is 338 g/mol. The Morgan fingerprint density at radius 1 is 1.07 bits per heavy atom. The number of hydrogen-bond donors (Lipinski definition) is 1. The molecule has 136 valence electrons. The molecule has 1 aliphatic rings. The minimum absolute atomic E-state index is 0.00349. The van der Waals surface area contributed by atoms with Crippen LogP contribution in [0.2, 0.25) is 0 Å². The van der Waals surface area contributed by atoms with Crippen molar-refractivity contribution in [1.82, 2.24) is 10.3 Å². The third-order valence-corrected chi connectivity index (χ3v) is 4.96. The summed E-state index contributed by atoms with van der Waals surface area (Å²) < 4.78 is 0. The van der Waals surface area contributed by atoms with Gasteiger partial charge in [-0.3, -0.25) is 14.6 Å². The second-order valence-corrected chi connectivity index (χ2v) is 6.77. The fourth-order valence-electron chi connectivity index (χ4n) is 3.56. The number of rotatable bonds is 5. The molecule has 2 amide bonds. The van der Waals surface area contributed by atoms with E-state index in [4.69, 9.17) is 0 Å². The highest BCUT2D eigenvalue weighted by Crippen LogP contribution is 2.31. The lowest BCUT2D eigenvalue weighted by Crippen LogP contribution is -2.34. The Bertz CT molecular complexity index is 966. The van der Waals surface area contributed by atoms with Crippen molar-refractivity contribution in [3.63, 3.8) is 0 Å². The van der Waals surface area contributed by atoms with Crippen molar-refractivity contribution in [3.8, 4) is 0 Å². The van der Waals surface area contributed by atoms with Crippen LogP contribution < -0.4 is 10.2 Å². The molecule has 4 rings (SSSR count). The highest BCUT2D eigenvalue weighted by atomic mass is 16.2. The first-order valence-electron chi connectivity index (χ1n) is 9.18. The predicted octanol–water partition coefficient (Wildman–Crippen LogP) is 2.95. The number of nitrogens with one attached hydrogen (secondary N) is 1. The lowest BCUT2D eigenvalue weighted by atomic mass is 10.1. The summed E-state index contributed by atoms with van der Waals surface area (Å²) in [4.78, 5) is 31.1. The number of aromatic nitrogens is 1. The Labute approximate surface area is 158 Å². The summed E-state index contributed by atoms with van der Waals surface area (Å²) in [5, 5.41) is 5.07. The topological polar surface area (TPSA) is 62.3 Å². The van der Waals surface area contributed by atoms with Gasteiger partial charge >= 0.3 is 0 Å². The molecule has 3 aromatic rings. The van der Waals surface area contributed by atoms with Crippen LogP contribution in [-0.4, -0.2) is 29.9 Å². The molecule has 5 nitrogen and oxygen atoms in total. The molecule has 0 spiro atoms. The van der Waals surface area contributed by atoms with E-state index < -0.39 is 0 Å². The second-order valence-electron chi connectivity index (χ2n) is 6.77. The van der Waals surface area contributed by atoms with E-state index in [0.717, 1.165) is 22.2 Å². The van der Waals surface area contributed by atoms with E-state index >= 15 is 0 Å². The molecule has 27 heavy (non-hydrogen) atoms. The Morgan fingerprint density at radius 2 is 1.89 bits per heavy atom. The molecule has 2 heterocycles. The van der Waals surface area contributed by atoms with Gasteiger partial charge in [0, 0.05) is 43.2 Å². The van der Waals surface area contributed by atoms with Crippen molar-refractivity contribution in [3.05, 3.63) is 72.6 Å². The number of pyridine rings is 1. The maximum Gasteiger partial charge on any atom is 0.227 e. The molecule has 2 aromatic carbocycles. The van der Waals surface area contributed by atoms with Crippen LogP contribution in [-0.2, 0) is 16.0 Å². The van der Waals surface area contributed by atoms with Gasteiger partial charge in [-0.1, -0.05) is 42.5 Å². The van der Waals surface area contributed by atoms with E-state index in [1.54, 1.807) is 11.1 Å².